The normalized spacial score (nSPS) is 10.7. The Balaban J connectivity index is 2.28. The number of nitrogens with one attached hydrogen (secondary N) is 1. The number of rotatable bonds is 4. The zero-order valence-electron chi connectivity index (χ0n) is 11.0. The van der Waals surface area contributed by atoms with Gasteiger partial charge in [-0.25, -0.2) is 8.42 Å². The molecule has 108 valence electrons. The van der Waals surface area contributed by atoms with Crippen LogP contribution >= 0.6 is 15.9 Å². The molecule has 0 aliphatic carbocycles. The number of nitrogens with zero attached hydrogens (tertiary/aromatic N) is 1. The second kappa shape index (κ2) is 6.16. The standard InChI is InChI=1S/C14H11BrN2O3S/c1-20-14-7-4-11(8-13(14)15)17-21(18,19)12-5-2-10(9-16)3-6-12/h2-8,17H,1H3. The van der Waals surface area contributed by atoms with Crippen molar-refractivity contribution in [3.63, 3.8) is 0 Å². The zero-order chi connectivity index (χ0) is 15.5. The molecule has 2 rings (SSSR count). The van der Waals surface area contributed by atoms with Crippen LogP contribution in [-0.2, 0) is 10.0 Å². The van der Waals surface area contributed by atoms with E-state index in [2.05, 4.69) is 20.7 Å². The number of benzene rings is 2. The van der Waals surface area contributed by atoms with E-state index in [9.17, 15) is 8.42 Å². The second-order valence-electron chi connectivity index (χ2n) is 4.09. The minimum atomic E-state index is -3.70. The average molecular weight is 367 g/mol. The van der Waals surface area contributed by atoms with Gasteiger partial charge in [-0.05, 0) is 58.4 Å². The molecule has 0 amide bonds. The van der Waals surface area contributed by atoms with E-state index in [1.807, 2.05) is 6.07 Å². The lowest BCUT2D eigenvalue weighted by atomic mass is 10.2. The summed E-state index contributed by atoms with van der Waals surface area (Å²) in [5.41, 5.74) is 0.813. The van der Waals surface area contributed by atoms with Crippen molar-refractivity contribution in [1.29, 1.82) is 5.26 Å². The summed E-state index contributed by atoms with van der Waals surface area (Å²) in [7, 11) is -2.17. The van der Waals surface area contributed by atoms with E-state index in [-0.39, 0.29) is 4.90 Å². The summed E-state index contributed by atoms with van der Waals surface area (Å²) >= 11 is 3.29. The van der Waals surface area contributed by atoms with Crippen LogP contribution in [0.2, 0.25) is 0 Å². The number of nitriles is 1. The van der Waals surface area contributed by atoms with Crippen molar-refractivity contribution in [2.75, 3.05) is 11.8 Å². The van der Waals surface area contributed by atoms with Gasteiger partial charge in [0.2, 0.25) is 0 Å². The van der Waals surface area contributed by atoms with Crippen molar-refractivity contribution in [2.24, 2.45) is 0 Å². The third kappa shape index (κ3) is 3.54. The van der Waals surface area contributed by atoms with E-state index in [4.69, 9.17) is 10.00 Å². The molecule has 0 spiro atoms. The van der Waals surface area contributed by atoms with Crippen molar-refractivity contribution in [2.45, 2.75) is 4.90 Å². The number of ether oxygens (including phenoxy) is 1. The quantitative estimate of drug-likeness (QED) is 0.901. The summed E-state index contributed by atoms with van der Waals surface area (Å²) < 4.78 is 32.6. The van der Waals surface area contributed by atoms with Gasteiger partial charge < -0.3 is 4.74 Å². The molecule has 0 saturated carbocycles. The zero-order valence-corrected chi connectivity index (χ0v) is 13.4. The fourth-order valence-corrected chi connectivity index (χ4v) is 3.24. The van der Waals surface area contributed by atoms with Crippen LogP contribution in [0.1, 0.15) is 5.56 Å². The first kappa shape index (κ1) is 15.4. The lowest BCUT2D eigenvalue weighted by molar-refractivity contribution is 0.412. The molecular formula is C14H11BrN2O3S. The molecular weight excluding hydrogens is 356 g/mol. The van der Waals surface area contributed by atoms with Crippen molar-refractivity contribution >= 4 is 31.6 Å². The minimum Gasteiger partial charge on any atom is -0.496 e. The first-order chi connectivity index (χ1) is 9.96. The minimum absolute atomic E-state index is 0.0911. The van der Waals surface area contributed by atoms with E-state index in [1.165, 1.54) is 31.4 Å². The molecule has 1 N–H and O–H groups in total. The predicted molar refractivity (Wildman–Crippen MR) is 82.7 cm³/mol. The molecule has 0 aliphatic rings. The van der Waals surface area contributed by atoms with Crippen LogP contribution in [0.3, 0.4) is 0 Å². The average Bonchev–Trinajstić information content (AvgIpc) is 2.47. The maximum atomic E-state index is 12.2. The predicted octanol–water partition coefficient (Wildman–Crippen LogP) is 3.13. The van der Waals surface area contributed by atoms with Gasteiger partial charge in [0.25, 0.3) is 10.0 Å². The maximum Gasteiger partial charge on any atom is 0.261 e. The van der Waals surface area contributed by atoms with E-state index < -0.39 is 10.0 Å². The largest absolute Gasteiger partial charge is 0.496 e. The van der Waals surface area contributed by atoms with Gasteiger partial charge in [0, 0.05) is 0 Å². The molecule has 21 heavy (non-hydrogen) atoms. The summed E-state index contributed by atoms with van der Waals surface area (Å²) in [4.78, 5) is 0.0911. The Hall–Kier alpha value is -2.04. The van der Waals surface area contributed by atoms with Gasteiger partial charge in [0.15, 0.2) is 0 Å². The Morgan fingerprint density at radius 1 is 1.19 bits per heavy atom. The highest BCUT2D eigenvalue weighted by molar-refractivity contribution is 9.10. The molecule has 0 radical (unpaired) electrons. The number of halogens is 1. The monoisotopic (exact) mass is 366 g/mol. The first-order valence-corrected chi connectivity index (χ1v) is 8.10. The van der Waals surface area contributed by atoms with E-state index >= 15 is 0 Å². The van der Waals surface area contributed by atoms with Crippen molar-refractivity contribution in [1.82, 2.24) is 0 Å². The lowest BCUT2D eigenvalue weighted by Gasteiger charge is -2.10. The molecule has 7 heteroatoms. The smallest absolute Gasteiger partial charge is 0.261 e. The number of anilines is 1. The number of hydrogen-bond donors (Lipinski definition) is 1. The van der Waals surface area contributed by atoms with Crippen molar-refractivity contribution in [3.05, 3.63) is 52.5 Å². The highest BCUT2D eigenvalue weighted by atomic mass is 79.9. The third-order valence-corrected chi connectivity index (χ3v) is 4.71. The van der Waals surface area contributed by atoms with Crippen LogP contribution < -0.4 is 9.46 Å². The lowest BCUT2D eigenvalue weighted by Crippen LogP contribution is -2.12. The third-order valence-electron chi connectivity index (χ3n) is 2.70. The summed E-state index contributed by atoms with van der Waals surface area (Å²) in [5, 5.41) is 8.71. The Labute approximate surface area is 131 Å². The van der Waals surface area contributed by atoms with E-state index in [0.29, 0.717) is 21.5 Å². The second-order valence-corrected chi connectivity index (χ2v) is 6.63. The van der Waals surface area contributed by atoms with Crippen LogP contribution in [0.4, 0.5) is 5.69 Å². The maximum absolute atomic E-state index is 12.2. The Bertz CT molecular complexity index is 796. The molecule has 2 aromatic carbocycles. The van der Waals surface area contributed by atoms with Crippen LogP contribution in [0.15, 0.2) is 51.8 Å². The first-order valence-electron chi connectivity index (χ1n) is 5.83. The van der Waals surface area contributed by atoms with Gasteiger partial charge in [-0.15, -0.1) is 0 Å². The van der Waals surface area contributed by atoms with Gasteiger partial charge in [-0.2, -0.15) is 5.26 Å². The summed E-state index contributed by atoms with van der Waals surface area (Å²) in [6, 6.07) is 12.5. The Morgan fingerprint density at radius 2 is 1.86 bits per heavy atom. The molecule has 0 fully saturated rings. The Morgan fingerprint density at radius 3 is 2.38 bits per heavy atom. The van der Waals surface area contributed by atoms with Gasteiger partial charge >= 0.3 is 0 Å². The summed E-state index contributed by atoms with van der Waals surface area (Å²) in [5.74, 6) is 0.608. The Kier molecular flexibility index (Phi) is 4.50. The van der Waals surface area contributed by atoms with Crippen molar-refractivity contribution < 1.29 is 13.2 Å². The summed E-state index contributed by atoms with van der Waals surface area (Å²) in [6.07, 6.45) is 0. The van der Waals surface area contributed by atoms with Crippen LogP contribution in [0.25, 0.3) is 0 Å². The van der Waals surface area contributed by atoms with Crippen LogP contribution in [0.5, 0.6) is 5.75 Å². The molecule has 0 saturated heterocycles. The molecule has 0 aliphatic heterocycles. The van der Waals surface area contributed by atoms with Gasteiger partial charge in [0.1, 0.15) is 5.75 Å². The van der Waals surface area contributed by atoms with Gasteiger partial charge in [-0.3, -0.25) is 4.72 Å². The SMILES string of the molecule is COc1ccc(NS(=O)(=O)c2ccc(C#N)cc2)cc1Br. The molecule has 0 heterocycles. The topological polar surface area (TPSA) is 79.2 Å². The highest BCUT2D eigenvalue weighted by Gasteiger charge is 2.14. The molecule has 0 atom stereocenters. The highest BCUT2D eigenvalue weighted by Crippen LogP contribution is 2.28. The molecule has 5 nitrogen and oxygen atoms in total. The van der Waals surface area contributed by atoms with E-state index in [1.54, 1.807) is 18.2 Å². The van der Waals surface area contributed by atoms with Crippen molar-refractivity contribution in [3.8, 4) is 11.8 Å². The number of hydrogen-bond acceptors (Lipinski definition) is 4. The van der Waals surface area contributed by atoms with E-state index in [0.717, 1.165) is 0 Å². The number of methoxy groups -OCH3 is 1. The fourth-order valence-electron chi connectivity index (χ4n) is 1.65. The molecule has 0 unspecified atom stereocenters. The van der Waals surface area contributed by atoms with Crippen LogP contribution in [0, 0.1) is 11.3 Å². The molecule has 2 aromatic rings. The van der Waals surface area contributed by atoms with Gasteiger partial charge in [-0.1, -0.05) is 0 Å². The number of sulfonamides is 1. The van der Waals surface area contributed by atoms with Gasteiger partial charge in [0.05, 0.1) is 33.8 Å². The molecule has 0 aromatic heterocycles. The van der Waals surface area contributed by atoms with Crippen LogP contribution in [-0.4, -0.2) is 15.5 Å². The summed E-state index contributed by atoms with van der Waals surface area (Å²) in [6.45, 7) is 0. The fraction of sp³-hybridized carbons (Fsp3) is 0.0714. The molecule has 0 bridgehead atoms.